The minimum absolute atomic E-state index is 0. The minimum atomic E-state index is -2.85. The molecule has 0 aliphatic carbocycles. The van der Waals surface area contributed by atoms with Crippen LogP contribution < -0.4 is 20.9 Å². The van der Waals surface area contributed by atoms with Crippen molar-refractivity contribution in [2.24, 2.45) is 0 Å². The van der Waals surface area contributed by atoms with Gasteiger partial charge in [-0.25, -0.2) is 0 Å². The summed E-state index contributed by atoms with van der Waals surface area (Å²) in [5.41, 5.74) is 3.61. The molecule has 0 amide bonds. The molecule has 0 N–H and O–H groups in total. The van der Waals surface area contributed by atoms with Gasteiger partial charge in [0, 0.05) is 37.2 Å². The second-order valence-corrected chi connectivity index (χ2v) is 12.5. The molecule has 0 aliphatic rings. The predicted molar refractivity (Wildman–Crippen MR) is 153 cm³/mol. The van der Waals surface area contributed by atoms with Crippen LogP contribution in [0.4, 0.5) is 0 Å². The maximum absolute atomic E-state index is 5.31. The molecule has 0 atom stereocenters. The molecule has 0 unspecified atom stereocenters. The fourth-order valence-corrected chi connectivity index (χ4v) is 9.46. The van der Waals surface area contributed by atoms with Gasteiger partial charge in [-0.1, -0.05) is 84.9 Å². The van der Waals surface area contributed by atoms with Crippen molar-refractivity contribution in [3.63, 3.8) is 0 Å². The van der Waals surface area contributed by atoms with E-state index in [4.69, 9.17) is 4.98 Å². The molecule has 0 spiro atoms. The first-order valence-electron chi connectivity index (χ1n) is 12.3. The summed E-state index contributed by atoms with van der Waals surface area (Å²) in [4.78, 5) is 14.5. The molecule has 185 valence electrons. The van der Waals surface area contributed by atoms with Gasteiger partial charge in [-0.05, 0) is 46.4 Å². The molecule has 3 heterocycles. The van der Waals surface area contributed by atoms with Crippen LogP contribution in [0.2, 0.25) is 0 Å². The number of benzene rings is 3. The first-order valence-corrected chi connectivity index (χ1v) is 14.3. The average molecular weight is 594 g/mol. The zero-order chi connectivity index (χ0) is 24.9. The smallest absolute Gasteiger partial charge is 0.183 e. The average Bonchev–Trinajstić information content (AvgIpc) is 3.00. The topological polar surface area (TPSA) is 38.7 Å². The molecule has 3 aromatic carbocycles. The number of rotatable bonds is 6. The Hall–Kier alpha value is -4.05. The molecule has 6 rings (SSSR count). The van der Waals surface area contributed by atoms with Gasteiger partial charge in [-0.15, -0.1) is 35.0 Å². The van der Waals surface area contributed by atoms with Crippen LogP contribution in [0.25, 0.3) is 22.6 Å². The summed E-state index contributed by atoms with van der Waals surface area (Å²) in [6.45, 7) is 0. The molecule has 0 bridgehead atoms. The van der Waals surface area contributed by atoms with E-state index >= 15 is 0 Å². The molecule has 0 saturated heterocycles. The third-order valence-electron chi connectivity index (χ3n) is 6.61. The van der Waals surface area contributed by atoms with Crippen LogP contribution in [0, 0.1) is 6.07 Å². The van der Waals surface area contributed by atoms with Gasteiger partial charge in [-0.3, -0.25) is 9.97 Å². The minimum Gasteiger partial charge on any atom is -0.305 e. The molecule has 38 heavy (non-hydrogen) atoms. The summed E-state index contributed by atoms with van der Waals surface area (Å²) in [7, 11) is -2.85. The summed E-state index contributed by atoms with van der Waals surface area (Å²) in [5.74, 6) is 0. The summed E-state index contributed by atoms with van der Waals surface area (Å²) in [6.07, 6.45) is 3.64. The van der Waals surface area contributed by atoms with Crippen LogP contribution in [0.1, 0.15) is 0 Å². The van der Waals surface area contributed by atoms with Gasteiger partial charge in [0.05, 0.1) is 11.4 Å². The Morgan fingerprint density at radius 3 is 1.63 bits per heavy atom. The molecule has 3 aromatic heterocycles. The summed E-state index contributed by atoms with van der Waals surface area (Å²) < 4.78 is 0. The zero-order valence-electron chi connectivity index (χ0n) is 20.5. The van der Waals surface area contributed by atoms with E-state index in [2.05, 4.69) is 107 Å². The van der Waals surface area contributed by atoms with Gasteiger partial charge in [-0.2, -0.15) is 0 Å². The van der Waals surface area contributed by atoms with Crippen molar-refractivity contribution in [3.8, 4) is 22.6 Å². The molecule has 3 nitrogen and oxygen atoms in total. The molecule has 0 saturated carbocycles. The molecule has 1 radical (unpaired) electrons. The Labute approximate surface area is 237 Å². The molecular formula is C33H24N3RhSi-. The third kappa shape index (κ3) is 4.79. The van der Waals surface area contributed by atoms with Gasteiger partial charge >= 0.3 is 0 Å². The fraction of sp³-hybridized carbons (Fsp3) is 0. The molecule has 6 aromatic rings. The molecule has 5 heteroatoms. The number of hydrogen-bond acceptors (Lipinski definition) is 3. The van der Waals surface area contributed by atoms with E-state index in [1.807, 2.05) is 54.9 Å². The van der Waals surface area contributed by atoms with Crippen LogP contribution in [0.3, 0.4) is 0 Å². The largest absolute Gasteiger partial charge is 0.305 e. The normalized spacial score (nSPS) is 10.9. The van der Waals surface area contributed by atoms with E-state index in [0.717, 1.165) is 33.1 Å². The second kappa shape index (κ2) is 11.6. The standard InChI is InChI=1S/C33H24N3Si.Rh/c1-3-14-27(15-4-1)37(28-16-5-2-6-17-28,29-18-11-13-26(25-29)30-19-7-9-23-34-30)33-22-12-21-32(36-33)31-20-8-10-24-35-31;/h1-24H;/q-1;. The van der Waals surface area contributed by atoms with Crippen molar-refractivity contribution >= 4 is 29.0 Å². The second-order valence-electron chi connectivity index (χ2n) is 8.80. The summed E-state index contributed by atoms with van der Waals surface area (Å²) >= 11 is 0. The number of aromatic nitrogens is 3. The van der Waals surface area contributed by atoms with E-state index in [-0.39, 0.29) is 19.5 Å². The zero-order valence-corrected chi connectivity index (χ0v) is 23.2. The van der Waals surface area contributed by atoms with Gasteiger partial charge in [0.1, 0.15) is 0 Å². The quantitative estimate of drug-likeness (QED) is 0.164. The Balaban J connectivity index is 0.00000294. The van der Waals surface area contributed by atoms with E-state index < -0.39 is 8.07 Å². The Morgan fingerprint density at radius 2 is 1.03 bits per heavy atom. The Morgan fingerprint density at radius 1 is 0.474 bits per heavy atom. The van der Waals surface area contributed by atoms with Gasteiger partial charge in [0.25, 0.3) is 0 Å². The summed E-state index contributed by atoms with van der Waals surface area (Å²) in [6, 6.07) is 50.0. The Kier molecular flexibility index (Phi) is 7.78. The summed E-state index contributed by atoms with van der Waals surface area (Å²) in [5, 5.41) is 4.68. The van der Waals surface area contributed by atoms with Crippen LogP contribution >= 0.6 is 0 Å². The monoisotopic (exact) mass is 593 g/mol. The third-order valence-corrected chi connectivity index (χ3v) is 11.2. The SMILES string of the molecule is [Rh].[c-]1c(-c2ccccn2)cccc1[Si](c1ccccc1)(c1ccccc1)c1cccc(-c2ccccn2)n1. The van der Waals surface area contributed by atoms with Gasteiger partial charge < -0.3 is 4.98 Å². The van der Waals surface area contributed by atoms with Crippen molar-refractivity contribution in [2.45, 2.75) is 0 Å². The first kappa shape index (κ1) is 25.6. The van der Waals surface area contributed by atoms with Crippen LogP contribution in [0.15, 0.2) is 146 Å². The first-order chi connectivity index (χ1) is 18.4. The van der Waals surface area contributed by atoms with Crippen LogP contribution in [0.5, 0.6) is 0 Å². The fourth-order valence-electron chi connectivity index (χ4n) is 4.95. The maximum atomic E-state index is 5.31. The van der Waals surface area contributed by atoms with E-state index in [1.54, 1.807) is 0 Å². The van der Waals surface area contributed by atoms with Crippen molar-refractivity contribution in [1.82, 2.24) is 15.0 Å². The molecule has 0 fully saturated rings. The van der Waals surface area contributed by atoms with E-state index in [9.17, 15) is 0 Å². The van der Waals surface area contributed by atoms with Crippen molar-refractivity contribution in [1.29, 1.82) is 0 Å². The van der Waals surface area contributed by atoms with Crippen LogP contribution in [-0.4, -0.2) is 23.0 Å². The Bertz CT molecular complexity index is 1490. The predicted octanol–water partition coefficient (Wildman–Crippen LogP) is 4.38. The number of pyridine rings is 3. The number of nitrogens with zero attached hydrogens (tertiary/aromatic N) is 3. The number of hydrogen-bond donors (Lipinski definition) is 0. The van der Waals surface area contributed by atoms with Crippen molar-refractivity contribution in [2.75, 3.05) is 0 Å². The van der Waals surface area contributed by atoms with E-state index in [0.29, 0.717) is 0 Å². The van der Waals surface area contributed by atoms with Crippen LogP contribution in [-0.2, 0) is 19.5 Å². The molecule has 0 aliphatic heterocycles. The molecular weight excluding hydrogens is 569 g/mol. The van der Waals surface area contributed by atoms with E-state index in [1.165, 1.54) is 10.4 Å². The van der Waals surface area contributed by atoms with Gasteiger partial charge in [0.2, 0.25) is 0 Å². The van der Waals surface area contributed by atoms with Crippen molar-refractivity contribution in [3.05, 3.63) is 152 Å². The maximum Gasteiger partial charge on any atom is 0.183 e. The van der Waals surface area contributed by atoms with Crippen molar-refractivity contribution < 1.29 is 19.5 Å². The van der Waals surface area contributed by atoms with Gasteiger partial charge in [0.15, 0.2) is 8.07 Å².